The summed E-state index contributed by atoms with van der Waals surface area (Å²) in [6.07, 6.45) is 2.75. The van der Waals surface area contributed by atoms with Crippen LogP contribution in [-0.4, -0.2) is 29.1 Å². The number of Topliss-reactive ketones (excluding diaryl/α,β-unsaturated/α-hetero) is 1. The SMILES string of the molecule is CCCC(O)C(=O)CCCC1OC(=O)CC1C. The molecule has 0 bridgehead atoms. The van der Waals surface area contributed by atoms with Crippen LogP contribution in [0.5, 0.6) is 0 Å². The number of carbonyl (C=O) groups is 2. The van der Waals surface area contributed by atoms with Crippen LogP contribution in [0.3, 0.4) is 0 Å². The van der Waals surface area contributed by atoms with Crippen molar-refractivity contribution >= 4 is 11.8 Å². The Morgan fingerprint density at radius 3 is 2.82 bits per heavy atom. The van der Waals surface area contributed by atoms with Crippen LogP contribution in [0.15, 0.2) is 0 Å². The molecule has 3 unspecified atom stereocenters. The maximum atomic E-state index is 11.5. The minimum Gasteiger partial charge on any atom is -0.462 e. The number of cyclic esters (lactones) is 1. The van der Waals surface area contributed by atoms with E-state index in [1.807, 2.05) is 13.8 Å². The van der Waals surface area contributed by atoms with Gasteiger partial charge in [0.15, 0.2) is 5.78 Å². The summed E-state index contributed by atoms with van der Waals surface area (Å²) in [5, 5.41) is 9.47. The van der Waals surface area contributed by atoms with E-state index in [9.17, 15) is 14.7 Å². The van der Waals surface area contributed by atoms with Crippen molar-refractivity contribution < 1.29 is 19.4 Å². The molecular formula is C13H22O4. The summed E-state index contributed by atoms with van der Waals surface area (Å²) >= 11 is 0. The zero-order chi connectivity index (χ0) is 12.8. The van der Waals surface area contributed by atoms with Gasteiger partial charge in [-0.3, -0.25) is 9.59 Å². The first kappa shape index (κ1) is 14.2. The van der Waals surface area contributed by atoms with Gasteiger partial charge in [-0.25, -0.2) is 0 Å². The van der Waals surface area contributed by atoms with Crippen LogP contribution in [0.25, 0.3) is 0 Å². The Balaban J connectivity index is 2.19. The summed E-state index contributed by atoms with van der Waals surface area (Å²) < 4.78 is 5.15. The Kier molecular flexibility index (Phi) is 5.62. The average Bonchev–Trinajstić information content (AvgIpc) is 2.57. The van der Waals surface area contributed by atoms with Crippen molar-refractivity contribution in [3.8, 4) is 0 Å². The maximum absolute atomic E-state index is 11.5. The van der Waals surface area contributed by atoms with Crippen LogP contribution in [0.4, 0.5) is 0 Å². The molecule has 0 aromatic carbocycles. The van der Waals surface area contributed by atoms with Crippen molar-refractivity contribution in [3.05, 3.63) is 0 Å². The van der Waals surface area contributed by atoms with Gasteiger partial charge in [0, 0.05) is 12.3 Å². The fraction of sp³-hybridized carbons (Fsp3) is 0.846. The molecule has 1 rings (SSSR count). The molecule has 1 aliphatic rings. The zero-order valence-electron chi connectivity index (χ0n) is 10.6. The Morgan fingerprint density at radius 2 is 2.29 bits per heavy atom. The lowest BCUT2D eigenvalue weighted by atomic mass is 9.97. The zero-order valence-corrected chi connectivity index (χ0v) is 10.6. The van der Waals surface area contributed by atoms with Crippen LogP contribution in [-0.2, 0) is 14.3 Å². The Morgan fingerprint density at radius 1 is 1.59 bits per heavy atom. The largest absolute Gasteiger partial charge is 0.462 e. The summed E-state index contributed by atoms with van der Waals surface area (Å²) in [4.78, 5) is 22.5. The molecule has 0 aromatic heterocycles. The van der Waals surface area contributed by atoms with Crippen molar-refractivity contribution in [2.45, 2.75) is 64.6 Å². The van der Waals surface area contributed by atoms with Gasteiger partial charge >= 0.3 is 5.97 Å². The summed E-state index contributed by atoms with van der Waals surface area (Å²) in [7, 11) is 0. The van der Waals surface area contributed by atoms with Gasteiger partial charge in [-0.1, -0.05) is 20.3 Å². The molecule has 0 aromatic rings. The molecule has 3 atom stereocenters. The molecule has 1 saturated heterocycles. The number of esters is 1. The van der Waals surface area contributed by atoms with Gasteiger partial charge in [0.1, 0.15) is 12.2 Å². The molecule has 1 aliphatic heterocycles. The quantitative estimate of drug-likeness (QED) is 0.692. The fourth-order valence-electron chi connectivity index (χ4n) is 2.15. The van der Waals surface area contributed by atoms with Crippen LogP contribution in [0.1, 0.15) is 52.4 Å². The monoisotopic (exact) mass is 242 g/mol. The fourth-order valence-corrected chi connectivity index (χ4v) is 2.15. The number of rotatable bonds is 7. The van der Waals surface area contributed by atoms with Gasteiger partial charge in [-0.05, 0) is 19.3 Å². The lowest BCUT2D eigenvalue weighted by Crippen LogP contribution is -2.21. The Hall–Kier alpha value is -0.900. The third-order valence-corrected chi connectivity index (χ3v) is 3.25. The molecule has 0 spiro atoms. The summed E-state index contributed by atoms with van der Waals surface area (Å²) in [5.41, 5.74) is 0. The van der Waals surface area contributed by atoms with Gasteiger partial charge in [-0.15, -0.1) is 0 Å². The standard InChI is InChI=1S/C13H22O4/c1-3-5-10(14)11(15)6-4-7-12-9(2)8-13(16)17-12/h9-10,12,14H,3-8H2,1-2H3. The second-order valence-electron chi connectivity index (χ2n) is 4.87. The predicted molar refractivity (Wildman–Crippen MR) is 63.4 cm³/mol. The van der Waals surface area contributed by atoms with E-state index in [2.05, 4.69) is 0 Å². The first-order valence-electron chi connectivity index (χ1n) is 6.44. The molecule has 0 saturated carbocycles. The number of ketones is 1. The van der Waals surface area contributed by atoms with Crippen LogP contribution in [0.2, 0.25) is 0 Å². The number of aliphatic hydroxyl groups excluding tert-OH is 1. The molecule has 4 heteroatoms. The molecule has 0 radical (unpaired) electrons. The molecule has 0 amide bonds. The third kappa shape index (κ3) is 4.46. The highest BCUT2D eigenvalue weighted by Gasteiger charge is 2.30. The van der Waals surface area contributed by atoms with E-state index in [0.717, 1.165) is 12.8 Å². The maximum Gasteiger partial charge on any atom is 0.306 e. The number of hydrogen-bond acceptors (Lipinski definition) is 4. The topological polar surface area (TPSA) is 63.6 Å². The predicted octanol–water partition coefficient (Wildman–Crippen LogP) is 1.84. The van der Waals surface area contributed by atoms with E-state index in [4.69, 9.17) is 4.74 Å². The average molecular weight is 242 g/mol. The smallest absolute Gasteiger partial charge is 0.306 e. The van der Waals surface area contributed by atoms with Crippen molar-refractivity contribution in [1.82, 2.24) is 0 Å². The van der Waals surface area contributed by atoms with Crippen LogP contribution in [0, 0.1) is 5.92 Å². The van der Waals surface area contributed by atoms with E-state index in [0.29, 0.717) is 25.7 Å². The Labute approximate surface area is 102 Å². The molecule has 1 fully saturated rings. The summed E-state index contributed by atoms with van der Waals surface area (Å²) in [6.45, 7) is 3.93. The van der Waals surface area contributed by atoms with E-state index >= 15 is 0 Å². The third-order valence-electron chi connectivity index (χ3n) is 3.25. The number of aliphatic hydroxyl groups is 1. The molecule has 1 N–H and O–H groups in total. The van der Waals surface area contributed by atoms with Gasteiger partial charge in [0.05, 0.1) is 6.42 Å². The minimum absolute atomic E-state index is 0.0429. The normalized spacial score (nSPS) is 25.7. The Bertz CT molecular complexity index is 275. The first-order valence-corrected chi connectivity index (χ1v) is 6.44. The lowest BCUT2D eigenvalue weighted by molar-refractivity contribution is -0.141. The van der Waals surface area contributed by atoms with Crippen molar-refractivity contribution in [1.29, 1.82) is 0 Å². The molecule has 1 heterocycles. The van der Waals surface area contributed by atoms with Crippen molar-refractivity contribution in [2.24, 2.45) is 5.92 Å². The number of ether oxygens (including phenoxy) is 1. The molecule has 98 valence electrons. The minimum atomic E-state index is -0.816. The summed E-state index contributed by atoms with van der Waals surface area (Å²) in [6, 6.07) is 0. The highest BCUT2D eigenvalue weighted by molar-refractivity contribution is 5.82. The molecule has 4 nitrogen and oxygen atoms in total. The van der Waals surface area contributed by atoms with Crippen molar-refractivity contribution in [3.63, 3.8) is 0 Å². The lowest BCUT2D eigenvalue weighted by Gasteiger charge is -2.13. The summed E-state index contributed by atoms with van der Waals surface area (Å²) in [5.74, 6) is 0.0156. The van der Waals surface area contributed by atoms with Gasteiger partial charge < -0.3 is 9.84 Å². The van der Waals surface area contributed by atoms with Crippen LogP contribution >= 0.6 is 0 Å². The molecule has 17 heavy (non-hydrogen) atoms. The van der Waals surface area contributed by atoms with E-state index in [1.54, 1.807) is 0 Å². The van der Waals surface area contributed by atoms with E-state index in [-0.39, 0.29) is 23.8 Å². The second kappa shape index (κ2) is 6.74. The number of hydrogen-bond donors (Lipinski definition) is 1. The number of carbonyl (C=O) groups excluding carboxylic acids is 2. The highest BCUT2D eigenvalue weighted by atomic mass is 16.5. The van der Waals surface area contributed by atoms with Gasteiger partial charge in [0.2, 0.25) is 0 Å². The first-order chi connectivity index (χ1) is 8.04. The van der Waals surface area contributed by atoms with E-state index < -0.39 is 6.10 Å². The molecular weight excluding hydrogens is 220 g/mol. The van der Waals surface area contributed by atoms with Crippen LogP contribution < -0.4 is 0 Å². The van der Waals surface area contributed by atoms with Gasteiger partial charge in [-0.2, -0.15) is 0 Å². The molecule has 0 aliphatic carbocycles. The van der Waals surface area contributed by atoms with Crippen molar-refractivity contribution in [2.75, 3.05) is 0 Å². The second-order valence-corrected chi connectivity index (χ2v) is 4.87. The van der Waals surface area contributed by atoms with Gasteiger partial charge in [0.25, 0.3) is 0 Å². The van der Waals surface area contributed by atoms with E-state index in [1.165, 1.54) is 0 Å². The highest BCUT2D eigenvalue weighted by Crippen LogP contribution is 2.25.